The second kappa shape index (κ2) is 6.18. The average Bonchev–Trinajstić information content (AvgIpc) is 2.37. The standard InChI is InChI=1S/C12H15Cl2F3N2/c1-3-11(4-2,7-13)19-10-9(14)5-8(6-18-10)12(15,16)17/h5-6H,3-4,7H2,1-2H3,(H,18,19). The Morgan fingerprint density at radius 3 is 2.21 bits per heavy atom. The first kappa shape index (κ1) is 16.4. The Morgan fingerprint density at radius 2 is 1.84 bits per heavy atom. The molecule has 0 aromatic carbocycles. The minimum atomic E-state index is -4.45. The van der Waals surface area contributed by atoms with E-state index in [4.69, 9.17) is 23.2 Å². The summed E-state index contributed by atoms with van der Waals surface area (Å²) in [6.45, 7) is 3.88. The van der Waals surface area contributed by atoms with Crippen molar-refractivity contribution in [1.82, 2.24) is 4.98 Å². The monoisotopic (exact) mass is 314 g/mol. The summed E-state index contributed by atoms with van der Waals surface area (Å²) in [5.74, 6) is 0.540. The van der Waals surface area contributed by atoms with E-state index >= 15 is 0 Å². The van der Waals surface area contributed by atoms with Crippen molar-refractivity contribution >= 4 is 29.0 Å². The maximum Gasteiger partial charge on any atom is 0.417 e. The normalized spacial score (nSPS) is 12.6. The summed E-state index contributed by atoms with van der Waals surface area (Å²) < 4.78 is 37.5. The van der Waals surface area contributed by atoms with Gasteiger partial charge in [0.2, 0.25) is 0 Å². The minimum absolute atomic E-state index is 0.0637. The molecule has 1 aromatic heterocycles. The van der Waals surface area contributed by atoms with Crippen molar-refractivity contribution in [2.45, 2.75) is 38.4 Å². The molecule has 0 spiro atoms. The highest BCUT2D eigenvalue weighted by molar-refractivity contribution is 6.33. The third-order valence-electron chi connectivity index (χ3n) is 3.16. The van der Waals surface area contributed by atoms with Crippen molar-refractivity contribution in [2.75, 3.05) is 11.2 Å². The first-order chi connectivity index (χ1) is 8.78. The molecule has 0 aliphatic carbocycles. The Kier molecular flexibility index (Phi) is 5.33. The van der Waals surface area contributed by atoms with Gasteiger partial charge in [-0.05, 0) is 18.9 Å². The topological polar surface area (TPSA) is 24.9 Å². The maximum absolute atomic E-state index is 12.5. The highest BCUT2D eigenvalue weighted by Gasteiger charge is 2.32. The largest absolute Gasteiger partial charge is 0.417 e. The number of aromatic nitrogens is 1. The Morgan fingerprint density at radius 1 is 1.26 bits per heavy atom. The van der Waals surface area contributed by atoms with Crippen LogP contribution in [0, 0.1) is 0 Å². The second-order valence-electron chi connectivity index (χ2n) is 4.30. The van der Waals surface area contributed by atoms with E-state index in [-0.39, 0.29) is 10.8 Å². The number of alkyl halides is 4. The van der Waals surface area contributed by atoms with Gasteiger partial charge >= 0.3 is 6.18 Å². The molecule has 0 amide bonds. The van der Waals surface area contributed by atoms with E-state index in [2.05, 4.69) is 10.3 Å². The van der Waals surface area contributed by atoms with Gasteiger partial charge in [-0.3, -0.25) is 0 Å². The average molecular weight is 315 g/mol. The van der Waals surface area contributed by atoms with E-state index in [9.17, 15) is 13.2 Å². The number of rotatable bonds is 5. The molecular weight excluding hydrogens is 300 g/mol. The van der Waals surface area contributed by atoms with Gasteiger partial charge in [0.15, 0.2) is 0 Å². The summed E-state index contributed by atoms with van der Waals surface area (Å²) in [4.78, 5) is 3.75. The van der Waals surface area contributed by atoms with E-state index in [1.807, 2.05) is 13.8 Å². The molecule has 19 heavy (non-hydrogen) atoms. The number of nitrogens with zero attached hydrogens (tertiary/aromatic N) is 1. The zero-order valence-electron chi connectivity index (χ0n) is 10.6. The highest BCUT2D eigenvalue weighted by atomic mass is 35.5. The van der Waals surface area contributed by atoms with Crippen LogP contribution in [-0.2, 0) is 6.18 Å². The predicted octanol–water partition coefficient (Wildman–Crippen LogP) is 4.96. The third kappa shape index (κ3) is 3.89. The lowest BCUT2D eigenvalue weighted by Gasteiger charge is -2.31. The van der Waals surface area contributed by atoms with Crippen LogP contribution in [0.15, 0.2) is 12.3 Å². The summed E-state index contributed by atoms with van der Waals surface area (Å²) in [6, 6.07) is 0.862. The fraction of sp³-hybridized carbons (Fsp3) is 0.583. The molecule has 1 aromatic rings. The van der Waals surface area contributed by atoms with Gasteiger partial charge in [0, 0.05) is 12.1 Å². The van der Waals surface area contributed by atoms with E-state index < -0.39 is 17.3 Å². The molecule has 0 unspecified atom stereocenters. The van der Waals surface area contributed by atoms with Crippen LogP contribution in [0.1, 0.15) is 32.3 Å². The van der Waals surface area contributed by atoms with Crippen LogP contribution < -0.4 is 5.32 Å². The molecule has 7 heteroatoms. The zero-order valence-corrected chi connectivity index (χ0v) is 12.1. The summed E-state index contributed by atoms with van der Waals surface area (Å²) >= 11 is 11.8. The van der Waals surface area contributed by atoms with Gasteiger partial charge in [0.1, 0.15) is 5.82 Å². The summed E-state index contributed by atoms with van der Waals surface area (Å²) in [5, 5.41) is 2.98. The SMILES string of the molecule is CCC(CC)(CCl)Nc1ncc(C(F)(F)F)cc1Cl. The smallest absolute Gasteiger partial charge is 0.362 e. The Hall–Kier alpha value is -0.680. The second-order valence-corrected chi connectivity index (χ2v) is 4.97. The fourth-order valence-electron chi connectivity index (χ4n) is 1.59. The molecule has 0 aliphatic rings. The minimum Gasteiger partial charge on any atom is -0.362 e. The zero-order chi connectivity index (χ0) is 14.7. The fourth-order valence-corrected chi connectivity index (χ4v) is 2.24. The van der Waals surface area contributed by atoms with Crippen molar-refractivity contribution < 1.29 is 13.2 Å². The lowest BCUT2D eigenvalue weighted by molar-refractivity contribution is -0.137. The molecule has 108 valence electrons. The first-order valence-electron chi connectivity index (χ1n) is 5.85. The summed E-state index contributed by atoms with van der Waals surface area (Å²) in [6.07, 6.45) is -2.26. The van der Waals surface area contributed by atoms with E-state index in [1.54, 1.807) is 0 Å². The van der Waals surface area contributed by atoms with Gasteiger partial charge in [0.25, 0.3) is 0 Å². The number of hydrogen-bond acceptors (Lipinski definition) is 2. The summed E-state index contributed by atoms with van der Waals surface area (Å²) in [7, 11) is 0. The highest BCUT2D eigenvalue weighted by Crippen LogP contribution is 2.34. The Labute approximate surface area is 120 Å². The van der Waals surface area contributed by atoms with Crippen molar-refractivity contribution in [3.8, 4) is 0 Å². The van der Waals surface area contributed by atoms with Crippen molar-refractivity contribution in [3.05, 3.63) is 22.8 Å². The Balaban J connectivity index is 3.04. The molecule has 0 bridgehead atoms. The van der Waals surface area contributed by atoms with Crippen molar-refractivity contribution in [2.24, 2.45) is 0 Å². The van der Waals surface area contributed by atoms with Crippen LogP contribution in [-0.4, -0.2) is 16.4 Å². The number of pyridine rings is 1. The number of anilines is 1. The van der Waals surface area contributed by atoms with Gasteiger partial charge < -0.3 is 5.32 Å². The number of nitrogens with one attached hydrogen (secondary N) is 1. The number of halogens is 5. The van der Waals surface area contributed by atoms with E-state index in [0.29, 0.717) is 18.7 Å². The lowest BCUT2D eigenvalue weighted by atomic mass is 9.95. The van der Waals surface area contributed by atoms with Gasteiger partial charge in [-0.25, -0.2) is 4.98 Å². The van der Waals surface area contributed by atoms with Crippen molar-refractivity contribution in [1.29, 1.82) is 0 Å². The molecule has 0 fully saturated rings. The van der Waals surface area contributed by atoms with Crippen LogP contribution in [0.3, 0.4) is 0 Å². The maximum atomic E-state index is 12.5. The predicted molar refractivity (Wildman–Crippen MR) is 71.9 cm³/mol. The molecule has 1 N–H and O–H groups in total. The first-order valence-corrected chi connectivity index (χ1v) is 6.76. The molecule has 2 nitrogen and oxygen atoms in total. The molecule has 0 saturated heterocycles. The van der Waals surface area contributed by atoms with Gasteiger partial charge in [0.05, 0.1) is 16.1 Å². The third-order valence-corrected chi connectivity index (χ3v) is 3.96. The molecule has 0 atom stereocenters. The Bertz CT molecular complexity index is 423. The number of hydrogen-bond donors (Lipinski definition) is 1. The van der Waals surface area contributed by atoms with Crippen LogP contribution >= 0.6 is 23.2 Å². The van der Waals surface area contributed by atoms with E-state index in [1.165, 1.54) is 0 Å². The molecule has 1 heterocycles. The molecule has 0 aliphatic heterocycles. The molecule has 0 saturated carbocycles. The van der Waals surface area contributed by atoms with Crippen molar-refractivity contribution in [3.63, 3.8) is 0 Å². The van der Waals surface area contributed by atoms with Gasteiger partial charge in [-0.15, -0.1) is 11.6 Å². The molecular formula is C12H15Cl2F3N2. The van der Waals surface area contributed by atoms with Gasteiger partial charge in [-0.1, -0.05) is 25.4 Å². The molecule has 0 radical (unpaired) electrons. The van der Waals surface area contributed by atoms with Crippen LogP contribution in [0.25, 0.3) is 0 Å². The summed E-state index contributed by atoms with van der Waals surface area (Å²) in [5.41, 5.74) is -1.29. The quantitative estimate of drug-likeness (QED) is 0.777. The van der Waals surface area contributed by atoms with Gasteiger partial charge in [-0.2, -0.15) is 13.2 Å². The van der Waals surface area contributed by atoms with Crippen LogP contribution in [0.2, 0.25) is 5.02 Å². The van der Waals surface area contributed by atoms with E-state index in [0.717, 1.165) is 12.3 Å². The molecule has 1 rings (SSSR count). The lowest BCUT2D eigenvalue weighted by Crippen LogP contribution is -2.39. The van der Waals surface area contributed by atoms with Crippen LogP contribution in [0.5, 0.6) is 0 Å². The van der Waals surface area contributed by atoms with Crippen LogP contribution in [0.4, 0.5) is 19.0 Å².